The standard InChI is InChI=1S/C24H30FN7O/c1-13-16-9-14(4-6-21(16)31(2)30-13)17-11-28-24(32-8-7-20(27)22(33)12-32)29-23(17)15-3-5-19(26)18(25)10-15/h3-6,9-11,13,20,22,24,29-30,33H,7-8,12,26-27H2,1-2H3. The minimum absolute atomic E-state index is 0.107. The van der Waals surface area contributed by atoms with Crippen LogP contribution in [0.5, 0.6) is 0 Å². The molecule has 0 bridgehead atoms. The van der Waals surface area contributed by atoms with Gasteiger partial charge in [-0.1, -0.05) is 12.1 Å². The quantitative estimate of drug-likeness (QED) is 0.451. The monoisotopic (exact) mass is 451 g/mol. The van der Waals surface area contributed by atoms with Crippen LogP contribution in [0.4, 0.5) is 15.8 Å². The fourth-order valence-corrected chi connectivity index (χ4v) is 4.78. The predicted octanol–water partition coefficient (Wildman–Crippen LogP) is 1.64. The lowest BCUT2D eigenvalue weighted by molar-refractivity contribution is 0.0295. The first-order chi connectivity index (χ1) is 15.8. The molecule has 3 aliphatic rings. The number of nitrogens with one attached hydrogen (secondary N) is 2. The second kappa shape index (κ2) is 8.42. The number of hydrogen-bond donors (Lipinski definition) is 5. The molecule has 1 saturated heterocycles. The van der Waals surface area contributed by atoms with Crippen LogP contribution in [0.2, 0.25) is 0 Å². The van der Waals surface area contributed by atoms with Gasteiger partial charge in [0.2, 0.25) is 0 Å². The van der Waals surface area contributed by atoms with E-state index in [9.17, 15) is 9.50 Å². The summed E-state index contributed by atoms with van der Waals surface area (Å²) in [5, 5.41) is 15.8. The van der Waals surface area contributed by atoms with Crippen LogP contribution in [-0.4, -0.2) is 54.8 Å². The highest BCUT2D eigenvalue weighted by Gasteiger charge is 2.32. The van der Waals surface area contributed by atoms with Crippen LogP contribution in [0.25, 0.3) is 11.3 Å². The lowest BCUT2D eigenvalue weighted by Crippen LogP contribution is -2.56. The summed E-state index contributed by atoms with van der Waals surface area (Å²) in [7, 11) is 2.00. The van der Waals surface area contributed by atoms with E-state index in [0.717, 1.165) is 22.5 Å². The summed E-state index contributed by atoms with van der Waals surface area (Å²) in [6.07, 6.45) is 1.53. The van der Waals surface area contributed by atoms with Crippen LogP contribution in [0, 0.1) is 5.82 Å². The van der Waals surface area contributed by atoms with Gasteiger partial charge in [-0.3, -0.25) is 9.89 Å². The molecular formula is C24H30FN7O. The average molecular weight is 452 g/mol. The zero-order valence-corrected chi connectivity index (χ0v) is 18.8. The molecular weight excluding hydrogens is 421 g/mol. The molecule has 4 unspecified atom stereocenters. The van der Waals surface area contributed by atoms with Crippen LogP contribution in [0.3, 0.4) is 0 Å². The number of aliphatic imine (C=N–C) groups is 1. The number of hydrazine groups is 1. The number of rotatable bonds is 3. The van der Waals surface area contributed by atoms with Crippen molar-refractivity contribution in [1.29, 1.82) is 0 Å². The molecule has 0 amide bonds. The number of nitrogen functional groups attached to an aromatic ring is 1. The molecule has 33 heavy (non-hydrogen) atoms. The van der Waals surface area contributed by atoms with Crippen molar-refractivity contribution in [1.82, 2.24) is 15.6 Å². The van der Waals surface area contributed by atoms with E-state index >= 15 is 0 Å². The van der Waals surface area contributed by atoms with Crippen molar-refractivity contribution in [2.75, 3.05) is 30.9 Å². The van der Waals surface area contributed by atoms with Gasteiger partial charge in [-0.15, -0.1) is 0 Å². The Morgan fingerprint density at radius 3 is 2.73 bits per heavy atom. The maximum atomic E-state index is 14.4. The Bertz CT molecular complexity index is 1130. The number of anilines is 2. The second-order valence-electron chi connectivity index (χ2n) is 9.02. The molecule has 0 aromatic heterocycles. The van der Waals surface area contributed by atoms with Crippen LogP contribution in [0.15, 0.2) is 41.4 Å². The predicted molar refractivity (Wildman–Crippen MR) is 130 cm³/mol. The summed E-state index contributed by atoms with van der Waals surface area (Å²) in [4.78, 5) is 6.80. The van der Waals surface area contributed by atoms with E-state index < -0.39 is 11.9 Å². The molecule has 8 nitrogen and oxygen atoms in total. The van der Waals surface area contributed by atoms with E-state index in [1.165, 1.54) is 11.6 Å². The fraction of sp³-hybridized carbons (Fsp3) is 0.375. The molecule has 9 heteroatoms. The maximum absolute atomic E-state index is 14.4. The highest BCUT2D eigenvalue weighted by atomic mass is 19.1. The molecule has 3 aliphatic heterocycles. The van der Waals surface area contributed by atoms with Gasteiger partial charge in [-0.2, -0.15) is 0 Å². The number of fused-ring (bicyclic) bond motifs is 1. The number of halogens is 1. The Balaban J connectivity index is 1.55. The van der Waals surface area contributed by atoms with E-state index in [2.05, 4.69) is 40.8 Å². The highest BCUT2D eigenvalue weighted by molar-refractivity contribution is 6.20. The van der Waals surface area contributed by atoms with Crippen LogP contribution in [0.1, 0.15) is 36.1 Å². The van der Waals surface area contributed by atoms with Crippen molar-refractivity contribution in [2.45, 2.75) is 37.8 Å². The largest absolute Gasteiger partial charge is 0.396 e. The van der Waals surface area contributed by atoms with Gasteiger partial charge in [0.1, 0.15) is 5.82 Å². The minimum Gasteiger partial charge on any atom is -0.396 e. The molecule has 0 saturated carbocycles. The first kappa shape index (κ1) is 21.8. The third-order valence-electron chi connectivity index (χ3n) is 6.74. The van der Waals surface area contributed by atoms with Crippen LogP contribution < -0.4 is 27.2 Å². The number of hydrogen-bond acceptors (Lipinski definition) is 8. The molecule has 3 heterocycles. The zero-order chi connectivity index (χ0) is 23.3. The van der Waals surface area contributed by atoms with Gasteiger partial charge in [0.05, 0.1) is 29.2 Å². The SMILES string of the molecule is CC1NN(C)c2ccc(C3=C(c4ccc(N)c(F)c4)NC(N4CCC(N)C(O)C4)N=C3)cc21. The Morgan fingerprint density at radius 1 is 1.18 bits per heavy atom. The smallest absolute Gasteiger partial charge is 0.176 e. The number of nitrogens with two attached hydrogens (primary N) is 2. The van der Waals surface area contributed by atoms with Crippen molar-refractivity contribution in [3.63, 3.8) is 0 Å². The maximum Gasteiger partial charge on any atom is 0.176 e. The van der Waals surface area contributed by atoms with Crippen LogP contribution >= 0.6 is 0 Å². The number of aliphatic hydroxyl groups is 1. The third-order valence-corrected chi connectivity index (χ3v) is 6.74. The van der Waals surface area contributed by atoms with E-state index in [-0.39, 0.29) is 24.1 Å². The Hall–Kier alpha value is -2.98. The van der Waals surface area contributed by atoms with Gasteiger partial charge in [0.15, 0.2) is 6.29 Å². The second-order valence-corrected chi connectivity index (χ2v) is 9.02. The Labute approximate surface area is 192 Å². The molecule has 1 fully saturated rings. The van der Waals surface area contributed by atoms with Gasteiger partial charge in [0.25, 0.3) is 0 Å². The van der Waals surface area contributed by atoms with Crippen molar-refractivity contribution < 1.29 is 9.50 Å². The molecule has 0 spiro atoms. The normalized spacial score (nSPS) is 27.6. The number of benzene rings is 2. The topological polar surface area (TPSA) is 115 Å². The first-order valence-electron chi connectivity index (χ1n) is 11.2. The molecule has 174 valence electrons. The highest BCUT2D eigenvalue weighted by Crippen LogP contribution is 2.36. The average Bonchev–Trinajstić information content (AvgIpc) is 3.10. The van der Waals surface area contributed by atoms with E-state index in [4.69, 9.17) is 16.5 Å². The number of nitrogens with zero attached hydrogens (tertiary/aromatic N) is 3. The Morgan fingerprint density at radius 2 is 1.97 bits per heavy atom. The number of aliphatic hydroxyl groups excluding tert-OH is 1. The van der Waals surface area contributed by atoms with Gasteiger partial charge < -0.3 is 26.9 Å². The summed E-state index contributed by atoms with van der Waals surface area (Å²) >= 11 is 0. The number of piperidine rings is 1. The molecule has 4 atom stereocenters. The summed E-state index contributed by atoms with van der Waals surface area (Å²) in [5.41, 5.74) is 20.8. The summed E-state index contributed by atoms with van der Waals surface area (Å²) in [6, 6.07) is 11.1. The van der Waals surface area contributed by atoms with Gasteiger partial charge in [-0.25, -0.2) is 9.82 Å². The first-order valence-corrected chi connectivity index (χ1v) is 11.2. The van der Waals surface area contributed by atoms with Gasteiger partial charge >= 0.3 is 0 Å². The molecule has 2 aromatic carbocycles. The van der Waals surface area contributed by atoms with Crippen molar-refractivity contribution in [3.8, 4) is 0 Å². The summed E-state index contributed by atoms with van der Waals surface area (Å²) < 4.78 is 14.4. The van der Waals surface area contributed by atoms with Crippen LogP contribution in [-0.2, 0) is 0 Å². The lowest BCUT2D eigenvalue weighted by atomic mass is 9.95. The number of β-amino-alcohol motifs (C(OH)–C–C–N with tert-alkyl or cyclic N) is 1. The van der Waals surface area contributed by atoms with Gasteiger partial charge in [0, 0.05) is 43.5 Å². The lowest BCUT2D eigenvalue weighted by Gasteiger charge is -2.39. The molecule has 2 aromatic rings. The third kappa shape index (κ3) is 3.97. The number of allylic oxidation sites excluding steroid dienone is 1. The fourth-order valence-electron chi connectivity index (χ4n) is 4.78. The van der Waals surface area contributed by atoms with E-state index in [1.54, 1.807) is 6.07 Å². The summed E-state index contributed by atoms with van der Waals surface area (Å²) in [5.74, 6) is -0.465. The molecule has 7 N–H and O–H groups in total. The zero-order valence-electron chi connectivity index (χ0n) is 18.8. The molecule has 5 rings (SSSR count). The van der Waals surface area contributed by atoms with Crippen molar-refractivity contribution in [2.24, 2.45) is 10.7 Å². The summed E-state index contributed by atoms with van der Waals surface area (Å²) in [6.45, 7) is 3.25. The van der Waals surface area contributed by atoms with Crippen molar-refractivity contribution in [3.05, 3.63) is 58.9 Å². The van der Waals surface area contributed by atoms with E-state index in [1.807, 2.05) is 24.3 Å². The molecule has 0 aliphatic carbocycles. The number of likely N-dealkylation sites (tertiary alicyclic amines) is 1. The Kier molecular flexibility index (Phi) is 5.57. The minimum atomic E-state index is -0.610. The van der Waals surface area contributed by atoms with Gasteiger partial charge in [-0.05, 0) is 48.7 Å². The van der Waals surface area contributed by atoms with E-state index in [0.29, 0.717) is 25.1 Å². The van der Waals surface area contributed by atoms with Crippen molar-refractivity contribution >= 4 is 28.9 Å². The molecule has 0 radical (unpaired) electrons.